The van der Waals surface area contributed by atoms with E-state index in [0.29, 0.717) is 0 Å². The molecule has 50 valence electrons. The van der Waals surface area contributed by atoms with Crippen LogP contribution in [-0.2, 0) is 0 Å². The minimum atomic E-state index is 0.829. The molecule has 1 nitrogen and oxygen atoms in total. The van der Waals surface area contributed by atoms with Gasteiger partial charge in [0.25, 0.3) is 0 Å². The van der Waals surface area contributed by atoms with E-state index in [1.54, 1.807) is 0 Å². The molecule has 0 aromatic heterocycles. The van der Waals surface area contributed by atoms with Gasteiger partial charge in [0, 0.05) is 6.04 Å². The maximum absolute atomic E-state index is 3.51. The molecular formula is C8H13N. The lowest BCUT2D eigenvalue weighted by Crippen LogP contribution is -2.27. The molecule has 1 N–H and O–H groups in total. The number of nitrogens with one attached hydrogen (secondary N) is 1. The Morgan fingerprint density at radius 1 is 1.22 bits per heavy atom. The van der Waals surface area contributed by atoms with Crippen LogP contribution in [0.2, 0.25) is 0 Å². The molecule has 1 aliphatic heterocycles. The van der Waals surface area contributed by atoms with Gasteiger partial charge in [-0.2, -0.15) is 0 Å². The molecule has 2 atom stereocenters. The highest BCUT2D eigenvalue weighted by Crippen LogP contribution is 2.25. The fourth-order valence-electron chi connectivity index (χ4n) is 1.89. The Labute approximate surface area is 56.1 Å². The first-order valence-corrected chi connectivity index (χ1v) is 3.85. The van der Waals surface area contributed by atoms with Crippen molar-refractivity contribution in [2.75, 3.05) is 6.54 Å². The van der Waals surface area contributed by atoms with Gasteiger partial charge in [-0.05, 0) is 31.7 Å². The monoisotopic (exact) mass is 123 g/mol. The summed E-state index contributed by atoms with van der Waals surface area (Å²) in [5, 5.41) is 3.51. The zero-order valence-electron chi connectivity index (χ0n) is 5.64. The molecule has 1 heteroatoms. The molecule has 0 bridgehead atoms. The van der Waals surface area contributed by atoms with Crippen LogP contribution in [0, 0.1) is 5.92 Å². The largest absolute Gasteiger partial charge is 0.313 e. The van der Waals surface area contributed by atoms with E-state index in [1.807, 2.05) is 0 Å². The van der Waals surface area contributed by atoms with E-state index in [0.717, 1.165) is 12.0 Å². The summed E-state index contributed by atoms with van der Waals surface area (Å²) in [4.78, 5) is 0. The third-order valence-corrected chi connectivity index (χ3v) is 2.49. The number of hydrogen-bond acceptors (Lipinski definition) is 1. The highest BCUT2D eigenvalue weighted by molar-refractivity contribution is 5.00. The number of hydrogen-bond donors (Lipinski definition) is 1. The van der Waals surface area contributed by atoms with Crippen molar-refractivity contribution in [3.63, 3.8) is 0 Å². The second-order valence-electron chi connectivity index (χ2n) is 3.05. The van der Waals surface area contributed by atoms with Crippen molar-refractivity contribution in [1.29, 1.82) is 0 Å². The van der Waals surface area contributed by atoms with Crippen LogP contribution < -0.4 is 5.32 Å². The van der Waals surface area contributed by atoms with Gasteiger partial charge in [0.1, 0.15) is 0 Å². The van der Waals surface area contributed by atoms with E-state index in [4.69, 9.17) is 0 Å². The van der Waals surface area contributed by atoms with Crippen molar-refractivity contribution in [2.45, 2.75) is 25.3 Å². The molecule has 0 aromatic rings. The molecule has 1 fully saturated rings. The van der Waals surface area contributed by atoms with Crippen LogP contribution in [0.5, 0.6) is 0 Å². The minimum Gasteiger partial charge on any atom is -0.313 e. The van der Waals surface area contributed by atoms with E-state index in [9.17, 15) is 0 Å². The third-order valence-electron chi connectivity index (χ3n) is 2.49. The number of allylic oxidation sites excluding steroid dienone is 1. The van der Waals surface area contributed by atoms with Crippen molar-refractivity contribution < 1.29 is 0 Å². The van der Waals surface area contributed by atoms with Crippen LogP contribution in [0.4, 0.5) is 0 Å². The molecule has 0 amide bonds. The number of fused-ring (bicyclic) bond motifs is 1. The summed E-state index contributed by atoms with van der Waals surface area (Å²) in [5.74, 6) is 0.968. The smallest absolute Gasteiger partial charge is 0.0133 e. The zero-order valence-corrected chi connectivity index (χ0v) is 5.64. The predicted molar refractivity (Wildman–Crippen MR) is 38.3 cm³/mol. The Bertz CT molecular complexity index is 115. The molecule has 0 unspecified atom stereocenters. The maximum Gasteiger partial charge on any atom is 0.0133 e. The van der Waals surface area contributed by atoms with Gasteiger partial charge in [-0.1, -0.05) is 12.2 Å². The highest BCUT2D eigenvalue weighted by Gasteiger charge is 2.26. The van der Waals surface area contributed by atoms with Gasteiger partial charge in [0.05, 0.1) is 0 Å². The van der Waals surface area contributed by atoms with Crippen molar-refractivity contribution in [3.05, 3.63) is 12.2 Å². The first-order valence-electron chi connectivity index (χ1n) is 3.85. The van der Waals surface area contributed by atoms with E-state index < -0.39 is 0 Å². The predicted octanol–water partition coefficient (Wildman–Crippen LogP) is 1.31. The van der Waals surface area contributed by atoms with Crippen molar-refractivity contribution in [1.82, 2.24) is 5.32 Å². The fourth-order valence-corrected chi connectivity index (χ4v) is 1.89. The Morgan fingerprint density at radius 3 is 3.00 bits per heavy atom. The van der Waals surface area contributed by atoms with Gasteiger partial charge in [0.2, 0.25) is 0 Å². The zero-order chi connectivity index (χ0) is 6.10. The lowest BCUT2D eigenvalue weighted by Gasteiger charge is -2.19. The van der Waals surface area contributed by atoms with Crippen LogP contribution in [0.3, 0.4) is 0 Å². The highest BCUT2D eigenvalue weighted by atomic mass is 14.9. The molecule has 1 aliphatic carbocycles. The van der Waals surface area contributed by atoms with Gasteiger partial charge in [-0.25, -0.2) is 0 Å². The number of rotatable bonds is 0. The normalized spacial score (nSPS) is 40.9. The van der Waals surface area contributed by atoms with Crippen LogP contribution in [0.25, 0.3) is 0 Å². The van der Waals surface area contributed by atoms with Crippen molar-refractivity contribution >= 4 is 0 Å². The lowest BCUT2D eigenvalue weighted by atomic mass is 9.90. The lowest BCUT2D eigenvalue weighted by molar-refractivity contribution is 0.439. The molecule has 2 aliphatic rings. The first-order chi connectivity index (χ1) is 4.47. The molecular weight excluding hydrogens is 110 g/mol. The topological polar surface area (TPSA) is 12.0 Å². The van der Waals surface area contributed by atoms with Gasteiger partial charge >= 0.3 is 0 Å². The van der Waals surface area contributed by atoms with Crippen LogP contribution in [0.15, 0.2) is 12.2 Å². The Hall–Kier alpha value is -0.300. The summed E-state index contributed by atoms with van der Waals surface area (Å²) in [5.41, 5.74) is 0. The van der Waals surface area contributed by atoms with Crippen molar-refractivity contribution in [2.24, 2.45) is 5.92 Å². The van der Waals surface area contributed by atoms with Crippen LogP contribution >= 0.6 is 0 Å². The summed E-state index contributed by atoms with van der Waals surface area (Å²) >= 11 is 0. The molecule has 1 heterocycles. The Kier molecular flexibility index (Phi) is 1.31. The SMILES string of the molecule is C1=CC[C@@H]2NCC[C@@H]2C1. The summed E-state index contributed by atoms with van der Waals surface area (Å²) in [6.45, 7) is 1.25. The summed E-state index contributed by atoms with van der Waals surface area (Å²) in [7, 11) is 0. The minimum absolute atomic E-state index is 0.829. The average Bonchev–Trinajstić information content (AvgIpc) is 2.33. The average molecular weight is 123 g/mol. The summed E-state index contributed by atoms with van der Waals surface area (Å²) in [6, 6.07) is 0.829. The van der Waals surface area contributed by atoms with Crippen molar-refractivity contribution in [3.8, 4) is 0 Å². The molecule has 0 saturated carbocycles. The molecule has 0 radical (unpaired) electrons. The molecule has 2 rings (SSSR count). The fraction of sp³-hybridized carbons (Fsp3) is 0.750. The van der Waals surface area contributed by atoms with Gasteiger partial charge in [0.15, 0.2) is 0 Å². The first kappa shape index (κ1) is 5.48. The van der Waals surface area contributed by atoms with E-state index in [2.05, 4.69) is 17.5 Å². The quantitative estimate of drug-likeness (QED) is 0.479. The molecule has 0 aromatic carbocycles. The second-order valence-corrected chi connectivity index (χ2v) is 3.05. The standard InChI is InChI=1S/C8H13N/c1-2-4-8-7(3-1)5-6-9-8/h1-2,7-9H,3-6H2/t7-,8-/m0/s1. The third kappa shape index (κ3) is 0.897. The van der Waals surface area contributed by atoms with Crippen LogP contribution in [0.1, 0.15) is 19.3 Å². The summed E-state index contributed by atoms with van der Waals surface area (Å²) in [6.07, 6.45) is 8.62. The van der Waals surface area contributed by atoms with Crippen LogP contribution in [-0.4, -0.2) is 12.6 Å². The van der Waals surface area contributed by atoms with Gasteiger partial charge in [-0.15, -0.1) is 0 Å². The second kappa shape index (κ2) is 2.14. The molecule has 0 spiro atoms. The molecule has 1 saturated heterocycles. The van der Waals surface area contributed by atoms with E-state index >= 15 is 0 Å². The summed E-state index contributed by atoms with van der Waals surface area (Å²) < 4.78 is 0. The Balaban J connectivity index is 2.07. The van der Waals surface area contributed by atoms with Gasteiger partial charge < -0.3 is 5.32 Å². The Morgan fingerprint density at radius 2 is 2.11 bits per heavy atom. The van der Waals surface area contributed by atoms with Gasteiger partial charge in [-0.3, -0.25) is 0 Å². The van der Waals surface area contributed by atoms with E-state index in [1.165, 1.54) is 25.8 Å². The van der Waals surface area contributed by atoms with E-state index in [-0.39, 0.29) is 0 Å². The molecule has 9 heavy (non-hydrogen) atoms. The maximum atomic E-state index is 3.51.